The van der Waals surface area contributed by atoms with Crippen LogP contribution in [-0.4, -0.2) is 47.4 Å². The molecule has 2 atom stereocenters. The Labute approximate surface area is 448 Å². The second kappa shape index (κ2) is 61.4. The average Bonchev–Trinajstić information content (AvgIpc) is 3.38. The lowest BCUT2D eigenvalue weighted by atomic mass is 10.0. The summed E-state index contributed by atoms with van der Waals surface area (Å²) >= 11 is 0. The van der Waals surface area contributed by atoms with Crippen LogP contribution in [0, 0.1) is 0 Å². The monoisotopic (exact) mass is 1010 g/mol. The van der Waals surface area contributed by atoms with Crippen LogP contribution in [-0.2, 0) is 14.3 Å². The number of carbonyl (C=O) groups is 2. The third-order valence-electron chi connectivity index (χ3n) is 14.6. The predicted molar refractivity (Wildman–Crippen MR) is 315 cm³/mol. The van der Waals surface area contributed by atoms with Gasteiger partial charge in [-0.2, -0.15) is 0 Å². The fraction of sp³-hybridized carbons (Fsp3) is 0.848. The molecule has 0 aromatic carbocycles. The zero-order chi connectivity index (χ0) is 52.2. The lowest BCUT2D eigenvalue weighted by Gasteiger charge is -2.22. The Morgan fingerprint density at radius 2 is 0.694 bits per heavy atom. The van der Waals surface area contributed by atoms with Gasteiger partial charge in [0.15, 0.2) is 0 Å². The van der Waals surface area contributed by atoms with Gasteiger partial charge in [-0.15, -0.1) is 0 Å². The van der Waals surface area contributed by atoms with E-state index in [0.717, 1.165) is 57.8 Å². The van der Waals surface area contributed by atoms with Gasteiger partial charge in [0.2, 0.25) is 5.91 Å². The highest BCUT2D eigenvalue weighted by Gasteiger charge is 2.20. The molecule has 0 fully saturated rings. The molecule has 0 aromatic heterocycles. The van der Waals surface area contributed by atoms with Gasteiger partial charge in [0.1, 0.15) is 0 Å². The highest BCUT2D eigenvalue weighted by molar-refractivity contribution is 5.76. The summed E-state index contributed by atoms with van der Waals surface area (Å²) in [6, 6.07) is -0.542. The molecule has 0 spiro atoms. The van der Waals surface area contributed by atoms with E-state index in [9.17, 15) is 19.8 Å². The maximum absolute atomic E-state index is 12.4. The van der Waals surface area contributed by atoms with Crippen molar-refractivity contribution in [1.29, 1.82) is 0 Å². The number of amides is 1. The fourth-order valence-electron chi connectivity index (χ4n) is 9.70. The van der Waals surface area contributed by atoms with Crippen LogP contribution in [0.5, 0.6) is 0 Å². The summed E-state index contributed by atoms with van der Waals surface area (Å²) in [5, 5.41) is 23.1. The summed E-state index contributed by atoms with van der Waals surface area (Å²) in [6.07, 6.45) is 78.6. The number of carbonyl (C=O) groups excluding carboxylic acids is 2. The van der Waals surface area contributed by atoms with Gasteiger partial charge in [-0.1, -0.05) is 281 Å². The van der Waals surface area contributed by atoms with Crippen molar-refractivity contribution in [3.63, 3.8) is 0 Å². The molecule has 0 aromatic rings. The van der Waals surface area contributed by atoms with E-state index in [1.807, 2.05) is 0 Å². The predicted octanol–water partition coefficient (Wildman–Crippen LogP) is 20.1. The minimum Gasteiger partial charge on any atom is -0.466 e. The summed E-state index contributed by atoms with van der Waals surface area (Å²) in [5.74, 6) is -0.0339. The largest absolute Gasteiger partial charge is 0.466 e. The van der Waals surface area contributed by atoms with Gasteiger partial charge < -0.3 is 20.3 Å². The number of esters is 1. The standard InChI is InChI=1S/C66H123NO5/c1-3-5-7-9-11-13-14-15-16-17-27-31-34-37-40-44-48-52-56-60-66(71)72-61-57-53-49-45-41-38-35-32-29-26-24-22-20-18-19-21-23-25-28-30-33-36-39-43-47-51-55-59-65(70)67-63(62-68)64(69)58-54-50-46-42-12-10-8-6-4-2/h11,13,15-16,18-19,22,24,63-64,68-69H,3-10,12,14,17,20-21,23,25-62H2,1-2H3,(H,67,70)/b13-11-,16-15-,19-18-,24-22-. The molecule has 0 saturated heterocycles. The van der Waals surface area contributed by atoms with E-state index in [-0.39, 0.29) is 18.5 Å². The van der Waals surface area contributed by atoms with E-state index in [0.29, 0.717) is 25.9 Å². The van der Waals surface area contributed by atoms with Crippen LogP contribution in [0.2, 0.25) is 0 Å². The molecule has 0 aliphatic carbocycles. The zero-order valence-electron chi connectivity index (χ0n) is 48.2. The second-order valence-electron chi connectivity index (χ2n) is 21.7. The Bertz CT molecular complexity index is 1210. The molecule has 0 bridgehead atoms. The molecule has 0 aliphatic heterocycles. The van der Waals surface area contributed by atoms with Crippen LogP contribution >= 0.6 is 0 Å². The summed E-state index contributed by atoms with van der Waals surface area (Å²) in [5.41, 5.74) is 0. The second-order valence-corrected chi connectivity index (χ2v) is 21.7. The van der Waals surface area contributed by atoms with Crippen molar-refractivity contribution in [3.8, 4) is 0 Å². The van der Waals surface area contributed by atoms with Crippen molar-refractivity contribution < 1.29 is 24.5 Å². The first-order valence-electron chi connectivity index (χ1n) is 31.9. The quantitative estimate of drug-likeness (QED) is 0.0320. The number of allylic oxidation sites excluding steroid dienone is 8. The molecule has 0 saturated carbocycles. The Balaban J connectivity index is 3.38. The van der Waals surface area contributed by atoms with E-state index in [1.54, 1.807) is 0 Å². The maximum atomic E-state index is 12.4. The van der Waals surface area contributed by atoms with Crippen molar-refractivity contribution in [3.05, 3.63) is 48.6 Å². The Hall–Kier alpha value is -2.18. The molecule has 72 heavy (non-hydrogen) atoms. The van der Waals surface area contributed by atoms with Gasteiger partial charge in [0.05, 0.1) is 25.4 Å². The number of aliphatic hydroxyl groups is 2. The molecule has 1 amide bonds. The van der Waals surface area contributed by atoms with Gasteiger partial charge >= 0.3 is 5.97 Å². The van der Waals surface area contributed by atoms with E-state index >= 15 is 0 Å². The van der Waals surface area contributed by atoms with E-state index in [2.05, 4.69) is 67.8 Å². The van der Waals surface area contributed by atoms with E-state index in [1.165, 1.54) is 244 Å². The first kappa shape index (κ1) is 69.8. The average molecular weight is 1010 g/mol. The number of ether oxygens (including phenoxy) is 1. The number of nitrogens with one attached hydrogen (secondary N) is 1. The van der Waals surface area contributed by atoms with Gasteiger partial charge in [0, 0.05) is 12.8 Å². The van der Waals surface area contributed by atoms with Gasteiger partial charge in [-0.3, -0.25) is 9.59 Å². The number of rotatable bonds is 59. The van der Waals surface area contributed by atoms with Crippen LogP contribution in [0.1, 0.15) is 335 Å². The molecular formula is C66H123NO5. The summed E-state index contributed by atoms with van der Waals surface area (Å²) in [6.45, 7) is 4.91. The van der Waals surface area contributed by atoms with E-state index in [4.69, 9.17) is 4.74 Å². The minimum atomic E-state index is -0.665. The third kappa shape index (κ3) is 57.1. The van der Waals surface area contributed by atoms with Crippen LogP contribution in [0.3, 0.4) is 0 Å². The molecule has 0 radical (unpaired) electrons. The van der Waals surface area contributed by atoms with E-state index < -0.39 is 12.1 Å². The van der Waals surface area contributed by atoms with Gasteiger partial charge in [-0.05, 0) is 89.9 Å². The lowest BCUT2D eigenvalue weighted by molar-refractivity contribution is -0.143. The molecule has 0 heterocycles. The number of hydrogen-bond acceptors (Lipinski definition) is 5. The molecule has 3 N–H and O–H groups in total. The van der Waals surface area contributed by atoms with Crippen LogP contribution in [0.25, 0.3) is 0 Å². The number of unbranched alkanes of at least 4 members (excludes halogenated alkanes) is 40. The fourth-order valence-corrected chi connectivity index (χ4v) is 9.70. The van der Waals surface area contributed by atoms with Crippen molar-refractivity contribution in [2.45, 2.75) is 347 Å². The Morgan fingerprint density at radius 1 is 0.389 bits per heavy atom. The minimum absolute atomic E-state index is 0.00656. The molecule has 422 valence electrons. The van der Waals surface area contributed by atoms with Crippen molar-refractivity contribution >= 4 is 11.9 Å². The van der Waals surface area contributed by atoms with Crippen molar-refractivity contribution in [2.24, 2.45) is 0 Å². The molecular weight excluding hydrogens is 887 g/mol. The molecule has 2 unspecified atom stereocenters. The molecule has 0 aliphatic rings. The summed E-state index contributed by atoms with van der Waals surface area (Å²) in [7, 11) is 0. The normalized spacial score (nSPS) is 12.9. The summed E-state index contributed by atoms with van der Waals surface area (Å²) in [4.78, 5) is 24.5. The van der Waals surface area contributed by atoms with Gasteiger partial charge in [0.25, 0.3) is 0 Å². The van der Waals surface area contributed by atoms with Crippen LogP contribution in [0.4, 0.5) is 0 Å². The lowest BCUT2D eigenvalue weighted by Crippen LogP contribution is -2.45. The van der Waals surface area contributed by atoms with Crippen LogP contribution < -0.4 is 5.32 Å². The topological polar surface area (TPSA) is 95.9 Å². The Morgan fingerprint density at radius 3 is 1.08 bits per heavy atom. The highest BCUT2D eigenvalue weighted by atomic mass is 16.5. The van der Waals surface area contributed by atoms with Crippen LogP contribution in [0.15, 0.2) is 48.6 Å². The molecule has 0 rings (SSSR count). The van der Waals surface area contributed by atoms with Crippen molar-refractivity contribution in [2.75, 3.05) is 13.2 Å². The van der Waals surface area contributed by atoms with Crippen molar-refractivity contribution in [1.82, 2.24) is 5.32 Å². The Kier molecular flexibility index (Phi) is 59.5. The first-order valence-corrected chi connectivity index (χ1v) is 31.9. The number of aliphatic hydroxyl groups excluding tert-OH is 2. The smallest absolute Gasteiger partial charge is 0.305 e. The summed E-state index contributed by atoms with van der Waals surface area (Å²) < 4.78 is 5.50. The number of hydrogen-bond donors (Lipinski definition) is 3. The van der Waals surface area contributed by atoms with Gasteiger partial charge in [-0.25, -0.2) is 0 Å². The first-order chi connectivity index (χ1) is 35.5. The maximum Gasteiger partial charge on any atom is 0.305 e. The molecule has 6 heteroatoms. The molecule has 6 nitrogen and oxygen atoms in total. The third-order valence-corrected chi connectivity index (χ3v) is 14.6. The SMILES string of the molecule is CCCCC/C=C\C/C=C\CCCCCCCCCCCC(=O)OCCCCCCCCCCC/C=C\C/C=C\CCCCCCCCCCCCCC(=O)NC(CO)C(O)CCCCCCCCCCC. The zero-order valence-corrected chi connectivity index (χ0v) is 48.2. The highest BCUT2D eigenvalue weighted by Crippen LogP contribution is 2.17.